The first kappa shape index (κ1) is 21.6. The number of hydrogen-bond acceptors (Lipinski definition) is 8. The summed E-state index contributed by atoms with van der Waals surface area (Å²) >= 11 is 22.5. The minimum absolute atomic E-state index is 0.125. The number of allylic oxidation sites excluding steroid dienone is 1. The van der Waals surface area contributed by atoms with Crippen molar-refractivity contribution in [1.82, 2.24) is 9.97 Å². The fraction of sp³-hybridized carbons (Fsp3) is 0.333. The summed E-state index contributed by atoms with van der Waals surface area (Å²) < 4.78 is 46.0. The number of nitrogens with zero attached hydrogens (tertiary/aromatic N) is 4. The lowest BCUT2D eigenvalue weighted by Gasteiger charge is -2.27. The van der Waals surface area contributed by atoms with E-state index in [0.717, 1.165) is 11.2 Å². The molecule has 0 fully saturated rings. The molecule has 0 bridgehead atoms. The van der Waals surface area contributed by atoms with Crippen LogP contribution in [0.2, 0.25) is 0 Å². The first-order chi connectivity index (χ1) is 11.6. The third-order valence-corrected chi connectivity index (χ3v) is 7.42. The van der Waals surface area contributed by atoms with Crippen LogP contribution >= 0.6 is 46.4 Å². The lowest BCUT2D eigenvalue weighted by Crippen LogP contribution is -2.37. The fourth-order valence-electron chi connectivity index (χ4n) is 1.81. The monoisotopic (exact) mass is 479 g/mol. The van der Waals surface area contributed by atoms with Gasteiger partial charge in [0.05, 0.1) is 10.7 Å². The van der Waals surface area contributed by atoms with Gasteiger partial charge in [0.1, 0.15) is 12.4 Å². The highest BCUT2D eigenvalue weighted by atomic mass is 35.6. The van der Waals surface area contributed by atoms with Gasteiger partial charge in [-0.2, -0.15) is 0 Å². The number of anilines is 1. The summed E-state index contributed by atoms with van der Waals surface area (Å²) in [7, 11) is -8.34. The Morgan fingerprint density at radius 1 is 1.08 bits per heavy atom. The van der Waals surface area contributed by atoms with E-state index in [1.54, 1.807) is 0 Å². The van der Waals surface area contributed by atoms with E-state index in [1.165, 1.54) is 26.5 Å². The number of hydrogen-bond donors (Lipinski definition) is 0. The molecule has 26 heavy (non-hydrogen) atoms. The molecule has 1 radical (unpaired) electrons. The quantitative estimate of drug-likeness (QED) is 0.472. The predicted molar refractivity (Wildman–Crippen MR) is 102 cm³/mol. The fourth-order valence-corrected chi connectivity index (χ4v) is 4.06. The van der Waals surface area contributed by atoms with E-state index in [9.17, 15) is 16.8 Å². The van der Waals surface area contributed by atoms with Gasteiger partial charge >= 0.3 is 0 Å². The van der Waals surface area contributed by atoms with Gasteiger partial charge in [-0.1, -0.05) is 46.4 Å². The van der Waals surface area contributed by atoms with Crippen molar-refractivity contribution in [1.29, 1.82) is 0 Å². The molecular weight excluding hydrogens is 470 g/mol. The molecule has 1 aromatic heterocycles. The van der Waals surface area contributed by atoms with Crippen LogP contribution in [0.25, 0.3) is 0 Å². The van der Waals surface area contributed by atoms with Gasteiger partial charge in [-0.25, -0.2) is 31.8 Å². The standard InChI is InChI=1S/C12H11Cl4N4O4S2/c1-6-4-9(19-10(17-6)26(23,24)12(14,15)16)20-5-8(13)7(2)18-11(20)25(3,21)22/h4-5H,1-3H3. The number of halogens is 4. The molecule has 0 aliphatic carbocycles. The summed E-state index contributed by atoms with van der Waals surface area (Å²) in [5.74, 6) is -0.125. The number of aryl methyl sites for hydroxylation is 1. The van der Waals surface area contributed by atoms with Crippen molar-refractivity contribution in [3.05, 3.63) is 29.0 Å². The Morgan fingerprint density at radius 2 is 1.65 bits per heavy atom. The molecule has 0 saturated carbocycles. The van der Waals surface area contributed by atoms with Gasteiger partial charge in [-0.15, -0.1) is 0 Å². The molecule has 0 N–H and O–H groups in total. The van der Waals surface area contributed by atoms with Crippen molar-refractivity contribution in [2.45, 2.75) is 22.1 Å². The van der Waals surface area contributed by atoms with E-state index in [0.29, 0.717) is 0 Å². The van der Waals surface area contributed by atoms with E-state index in [1.807, 2.05) is 0 Å². The smallest absolute Gasteiger partial charge is 0.290 e. The van der Waals surface area contributed by atoms with E-state index >= 15 is 0 Å². The van der Waals surface area contributed by atoms with Crippen LogP contribution in [-0.2, 0) is 19.7 Å². The van der Waals surface area contributed by atoms with Crippen molar-refractivity contribution in [2.24, 2.45) is 4.99 Å². The van der Waals surface area contributed by atoms with Crippen molar-refractivity contribution < 1.29 is 16.8 Å². The van der Waals surface area contributed by atoms with Crippen LogP contribution < -0.4 is 4.90 Å². The minimum Gasteiger partial charge on any atom is -0.290 e. The maximum absolute atomic E-state index is 12.3. The van der Waals surface area contributed by atoms with Gasteiger partial charge < -0.3 is 0 Å². The molecule has 2 rings (SSSR count). The number of aromatic nitrogens is 2. The topological polar surface area (TPSA) is 110 Å². The first-order valence-corrected chi connectivity index (χ1v) is 11.5. The normalized spacial score (nSPS) is 16.7. The number of rotatable bonds is 2. The van der Waals surface area contributed by atoms with Crippen molar-refractivity contribution in [3.63, 3.8) is 0 Å². The number of aliphatic imine (C=N–C) groups is 1. The maximum Gasteiger partial charge on any atom is 0.300 e. The minimum atomic E-state index is -4.54. The van der Waals surface area contributed by atoms with Crippen molar-refractivity contribution >= 4 is 77.1 Å². The van der Waals surface area contributed by atoms with Crippen LogP contribution in [0.4, 0.5) is 5.82 Å². The van der Waals surface area contributed by atoms with Crippen LogP contribution in [0, 0.1) is 13.5 Å². The number of amidine groups is 1. The highest BCUT2D eigenvalue weighted by molar-refractivity contribution is 8.06. The summed E-state index contributed by atoms with van der Waals surface area (Å²) in [6, 6.07) is 1.33. The second-order valence-electron chi connectivity index (χ2n) is 5.20. The molecule has 0 aromatic carbocycles. The SMILES string of the molecule is CC1=C(Cl)[CH]N(c2cc(C)nc(S(=O)(=O)C(Cl)(Cl)Cl)n2)C(S(C)(=O)=O)=N1. The Labute approximate surface area is 170 Å². The average Bonchev–Trinajstić information content (AvgIpc) is 2.46. The lowest BCUT2D eigenvalue weighted by atomic mass is 10.3. The van der Waals surface area contributed by atoms with Gasteiger partial charge in [0, 0.05) is 18.0 Å². The van der Waals surface area contributed by atoms with E-state index in [4.69, 9.17) is 46.4 Å². The van der Waals surface area contributed by atoms with Gasteiger partial charge in [0.25, 0.3) is 18.1 Å². The molecule has 1 aromatic rings. The van der Waals surface area contributed by atoms with E-state index in [2.05, 4.69) is 15.0 Å². The molecule has 8 nitrogen and oxygen atoms in total. The Balaban J connectivity index is 2.69. The summed E-state index contributed by atoms with van der Waals surface area (Å²) in [5, 5.41) is -1.04. The van der Waals surface area contributed by atoms with Crippen molar-refractivity contribution in [2.75, 3.05) is 11.2 Å². The van der Waals surface area contributed by atoms with Crippen molar-refractivity contribution in [3.8, 4) is 0 Å². The number of alkyl halides is 3. The summed E-state index contributed by atoms with van der Waals surface area (Å²) in [6.45, 7) is 4.23. The lowest BCUT2D eigenvalue weighted by molar-refractivity contribution is 0.586. The zero-order valence-electron chi connectivity index (χ0n) is 13.4. The Kier molecular flexibility index (Phi) is 5.88. The molecule has 0 saturated heterocycles. The highest BCUT2D eigenvalue weighted by Gasteiger charge is 2.42. The molecule has 1 aliphatic heterocycles. The van der Waals surface area contributed by atoms with Gasteiger partial charge in [0.2, 0.25) is 15.0 Å². The molecule has 0 amide bonds. The molecule has 143 valence electrons. The summed E-state index contributed by atoms with van der Waals surface area (Å²) in [6.07, 6.45) is 0.937. The molecule has 0 atom stereocenters. The van der Waals surface area contributed by atoms with Crippen LogP contribution in [0.15, 0.2) is 26.9 Å². The zero-order chi connectivity index (χ0) is 20.1. The second-order valence-corrected chi connectivity index (χ2v) is 12.5. The summed E-state index contributed by atoms with van der Waals surface area (Å²) in [5.41, 5.74) is 0.453. The van der Waals surface area contributed by atoms with Crippen LogP contribution in [0.5, 0.6) is 0 Å². The average molecular weight is 481 g/mol. The molecule has 0 unspecified atom stereocenters. The molecular formula is C12H11Cl4N4O4S2. The zero-order valence-corrected chi connectivity index (χ0v) is 18.1. The van der Waals surface area contributed by atoms with Crippen LogP contribution in [-0.4, -0.2) is 41.4 Å². The van der Waals surface area contributed by atoms with Gasteiger partial charge in [-0.05, 0) is 13.8 Å². The van der Waals surface area contributed by atoms with Crippen LogP contribution in [0.1, 0.15) is 12.6 Å². The molecule has 14 heteroatoms. The molecule has 2 heterocycles. The molecule has 1 aliphatic rings. The largest absolute Gasteiger partial charge is 0.300 e. The Morgan fingerprint density at radius 3 is 2.15 bits per heavy atom. The molecule has 0 spiro atoms. The predicted octanol–water partition coefficient (Wildman–Crippen LogP) is 2.74. The van der Waals surface area contributed by atoms with E-state index in [-0.39, 0.29) is 22.2 Å². The first-order valence-electron chi connectivity index (χ1n) is 6.61. The summed E-state index contributed by atoms with van der Waals surface area (Å²) in [4.78, 5) is 12.6. The third-order valence-electron chi connectivity index (χ3n) is 3.00. The second kappa shape index (κ2) is 7.06. The van der Waals surface area contributed by atoms with Gasteiger partial charge in [-0.3, -0.25) is 4.90 Å². The Bertz CT molecular complexity index is 1030. The third kappa shape index (κ3) is 4.26. The van der Waals surface area contributed by atoms with Gasteiger partial charge in [0.15, 0.2) is 0 Å². The van der Waals surface area contributed by atoms with E-state index < -0.39 is 33.1 Å². The Hall–Kier alpha value is -0.650. The highest BCUT2D eigenvalue weighted by Crippen LogP contribution is 2.37. The number of sulfone groups is 2. The van der Waals surface area contributed by atoms with Crippen LogP contribution in [0.3, 0.4) is 0 Å². The maximum atomic E-state index is 12.3.